The predicted octanol–water partition coefficient (Wildman–Crippen LogP) is 0.862. The molecule has 0 radical (unpaired) electrons. The van der Waals surface area contributed by atoms with Crippen molar-refractivity contribution in [3.63, 3.8) is 0 Å². The summed E-state index contributed by atoms with van der Waals surface area (Å²) in [5, 5.41) is 8.49. The van der Waals surface area contributed by atoms with Gasteiger partial charge in [0.1, 0.15) is 0 Å². The average Bonchev–Trinajstić information content (AvgIpc) is 2.23. The van der Waals surface area contributed by atoms with Crippen LogP contribution >= 0.6 is 0 Å². The zero-order valence-corrected chi connectivity index (χ0v) is 8.04. The number of amides is 1. The van der Waals surface area contributed by atoms with Gasteiger partial charge in [0, 0.05) is 18.5 Å². The Kier molecular flexibility index (Phi) is 2.59. The van der Waals surface area contributed by atoms with Crippen molar-refractivity contribution in [2.75, 3.05) is 6.54 Å². The fourth-order valence-electron chi connectivity index (χ4n) is 1.66. The van der Waals surface area contributed by atoms with Crippen molar-refractivity contribution >= 4 is 11.9 Å². The van der Waals surface area contributed by atoms with Gasteiger partial charge in [-0.05, 0) is 20.3 Å². The SMILES string of the molecule is CC1(C)CCC(=O)N1CCC(=O)O. The van der Waals surface area contributed by atoms with Crippen molar-refractivity contribution in [1.29, 1.82) is 0 Å². The standard InChI is InChI=1S/C9H15NO3/c1-9(2)5-3-7(11)10(9)6-4-8(12)13/h3-6H2,1-2H3,(H,12,13). The van der Waals surface area contributed by atoms with Gasteiger partial charge in [0.2, 0.25) is 5.91 Å². The van der Waals surface area contributed by atoms with Crippen LogP contribution in [-0.2, 0) is 9.59 Å². The first-order valence-corrected chi connectivity index (χ1v) is 4.46. The Labute approximate surface area is 77.5 Å². The zero-order chi connectivity index (χ0) is 10.1. The van der Waals surface area contributed by atoms with Crippen molar-refractivity contribution in [2.24, 2.45) is 0 Å². The second kappa shape index (κ2) is 3.36. The predicted molar refractivity (Wildman–Crippen MR) is 47.3 cm³/mol. The lowest BCUT2D eigenvalue weighted by atomic mass is 10.0. The molecule has 0 aromatic carbocycles. The van der Waals surface area contributed by atoms with Gasteiger partial charge in [0.15, 0.2) is 0 Å². The minimum atomic E-state index is -0.851. The van der Waals surface area contributed by atoms with E-state index in [1.807, 2.05) is 13.8 Å². The lowest BCUT2D eigenvalue weighted by molar-refractivity contribution is -0.138. The molecule has 1 saturated heterocycles. The van der Waals surface area contributed by atoms with Crippen molar-refractivity contribution in [1.82, 2.24) is 4.90 Å². The van der Waals surface area contributed by atoms with Crippen LogP contribution in [-0.4, -0.2) is 34.0 Å². The zero-order valence-electron chi connectivity index (χ0n) is 8.04. The number of carbonyl (C=O) groups excluding carboxylic acids is 1. The number of aliphatic carboxylic acids is 1. The van der Waals surface area contributed by atoms with E-state index in [4.69, 9.17) is 5.11 Å². The minimum absolute atomic E-state index is 0.0369. The molecule has 74 valence electrons. The van der Waals surface area contributed by atoms with Gasteiger partial charge in [-0.3, -0.25) is 9.59 Å². The summed E-state index contributed by atoms with van der Waals surface area (Å²) >= 11 is 0. The van der Waals surface area contributed by atoms with E-state index in [1.165, 1.54) is 0 Å². The third-order valence-electron chi connectivity index (χ3n) is 2.53. The third kappa shape index (κ3) is 2.20. The van der Waals surface area contributed by atoms with Gasteiger partial charge in [-0.25, -0.2) is 0 Å². The fraction of sp³-hybridized carbons (Fsp3) is 0.778. The van der Waals surface area contributed by atoms with Crippen molar-refractivity contribution in [2.45, 2.75) is 38.6 Å². The van der Waals surface area contributed by atoms with Crippen LogP contribution in [0.3, 0.4) is 0 Å². The number of nitrogens with zero attached hydrogens (tertiary/aromatic N) is 1. The molecule has 1 aliphatic rings. The Balaban J connectivity index is 2.56. The average molecular weight is 185 g/mol. The van der Waals surface area contributed by atoms with Gasteiger partial charge < -0.3 is 10.0 Å². The monoisotopic (exact) mass is 185 g/mol. The molecule has 1 amide bonds. The lowest BCUT2D eigenvalue weighted by Gasteiger charge is -2.31. The summed E-state index contributed by atoms with van der Waals surface area (Å²) in [6.45, 7) is 4.28. The molecule has 0 aromatic rings. The summed E-state index contributed by atoms with van der Waals surface area (Å²) in [5.41, 5.74) is -0.160. The summed E-state index contributed by atoms with van der Waals surface area (Å²) in [4.78, 5) is 23.3. The Hall–Kier alpha value is -1.06. The number of hydrogen-bond donors (Lipinski definition) is 1. The second-order valence-corrected chi connectivity index (χ2v) is 4.00. The van der Waals surface area contributed by atoms with Gasteiger partial charge >= 0.3 is 5.97 Å². The second-order valence-electron chi connectivity index (χ2n) is 4.00. The first-order chi connectivity index (χ1) is 5.93. The molecule has 1 heterocycles. The van der Waals surface area contributed by atoms with Crippen LogP contribution in [0.4, 0.5) is 0 Å². The number of carbonyl (C=O) groups is 2. The van der Waals surface area contributed by atoms with E-state index >= 15 is 0 Å². The van der Waals surface area contributed by atoms with Crippen LogP contribution in [0.1, 0.15) is 33.1 Å². The minimum Gasteiger partial charge on any atom is -0.481 e. The van der Waals surface area contributed by atoms with Gasteiger partial charge in [0.25, 0.3) is 0 Å². The molecule has 0 aromatic heterocycles. The molecule has 0 saturated carbocycles. The van der Waals surface area contributed by atoms with Crippen LogP contribution < -0.4 is 0 Å². The topological polar surface area (TPSA) is 57.6 Å². The van der Waals surface area contributed by atoms with E-state index in [1.54, 1.807) is 4.90 Å². The summed E-state index contributed by atoms with van der Waals surface area (Å²) in [7, 11) is 0. The van der Waals surface area contributed by atoms with E-state index in [9.17, 15) is 9.59 Å². The first-order valence-electron chi connectivity index (χ1n) is 4.46. The number of likely N-dealkylation sites (tertiary alicyclic amines) is 1. The number of carboxylic acids is 1. The molecule has 1 fully saturated rings. The maximum Gasteiger partial charge on any atom is 0.305 e. The largest absolute Gasteiger partial charge is 0.481 e. The Morgan fingerprint density at radius 2 is 2.23 bits per heavy atom. The van der Waals surface area contributed by atoms with Gasteiger partial charge in [0.05, 0.1) is 6.42 Å². The quantitative estimate of drug-likeness (QED) is 0.709. The van der Waals surface area contributed by atoms with E-state index in [0.29, 0.717) is 13.0 Å². The molecule has 4 heteroatoms. The van der Waals surface area contributed by atoms with Crippen LogP contribution in [0.15, 0.2) is 0 Å². The van der Waals surface area contributed by atoms with Crippen LogP contribution in [0, 0.1) is 0 Å². The molecule has 13 heavy (non-hydrogen) atoms. The highest BCUT2D eigenvalue weighted by Crippen LogP contribution is 2.28. The molecule has 0 spiro atoms. The Morgan fingerprint density at radius 1 is 1.62 bits per heavy atom. The van der Waals surface area contributed by atoms with Gasteiger partial charge in [-0.2, -0.15) is 0 Å². The lowest BCUT2D eigenvalue weighted by Crippen LogP contribution is -2.41. The van der Waals surface area contributed by atoms with Crippen molar-refractivity contribution in [3.8, 4) is 0 Å². The maximum absolute atomic E-state index is 11.3. The van der Waals surface area contributed by atoms with E-state index in [-0.39, 0.29) is 17.9 Å². The van der Waals surface area contributed by atoms with Crippen molar-refractivity contribution in [3.05, 3.63) is 0 Å². The van der Waals surface area contributed by atoms with Gasteiger partial charge in [-0.15, -0.1) is 0 Å². The molecule has 1 rings (SSSR count). The van der Waals surface area contributed by atoms with Gasteiger partial charge in [-0.1, -0.05) is 0 Å². The van der Waals surface area contributed by atoms with Crippen LogP contribution in [0.25, 0.3) is 0 Å². The number of rotatable bonds is 3. The smallest absolute Gasteiger partial charge is 0.305 e. The summed E-state index contributed by atoms with van der Waals surface area (Å²) in [6.07, 6.45) is 1.41. The highest BCUT2D eigenvalue weighted by molar-refractivity contribution is 5.80. The Bertz CT molecular complexity index is 235. The molecular formula is C9H15NO3. The highest BCUT2D eigenvalue weighted by Gasteiger charge is 2.37. The molecule has 1 N–H and O–H groups in total. The molecule has 0 bridgehead atoms. The molecule has 0 atom stereocenters. The van der Waals surface area contributed by atoms with E-state index in [2.05, 4.69) is 0 Å². The highest BCUT2D eigenvalue weighted by atomic mass is 16.4. The molecule has 0 aliphatic carbocycles. The van der Waals surface area contributed by atoms with E-state index in [0.717, 1.165) is 6.42 Å². The molecule has 0 unspecified atom stereocenters. The molecule has 1 aliphatic heterocycles. The first kappa shape index (κ1) is 10.0. The van der Waals surface area contributed by atoms with Crippen molar-refractivity contribution < 1.29 is 14.7 Å². The Morgan fingerprint density at radius 3 is 2.62 bits per heavy atom. The van der Waals surface area contributed by atoms with Crippen LogP contribution in [0.2, 0.25) is 0 Å². The third-order valence-corrected chi connectivity index (χ3v) is 2.53. The summed E-state index contributed by atoms with van der Waals surface area (Å²) < 4.78 is 0. The summed E-state index contributed by atoms with van der Waals surface area (Å²) in [6, 6.07) is 0. The maximum atomic E-state index is 11.3. The molecule has 4 nitrogen and oxygen atoms in total. The fourth-order valence-corrected chi connectivity index (χ4v) is 1.66. The normalized spacial score (nSPS) is 20.8. The number of carboxylic acid groups (broad SMARTS) is 1. The molecular weight excluding hydrogens is 170 g/mol. The summed E-state index contributed by atoms with van der Waals surface area (Å²) in [5.74, 6) is -0.776. The van der Waals surface area contributed by atoms with Crippen LogP contribution in [0.5, 0.6) is 0 Å². The number of hydrogen-bond acceptors (Lipinski definition) is 2. The van der Waals surface area contributed by atoms with E-state index < -0.39 is 5.97 Å².